The molecule has 0 saturated carbocycles. The number of aromatic nitrogens is 1. The lowest BCUT2D eigenvalue weighted by molar-refractivity contribution is -0.123. The lowest BCUT2D eigenvalue weighted by atomic mass is 9.87. The number of carbonyl (C=O) groups is 2. The summed E-state index contributed by atoms with van der Waals surface area (Å²) >= 11 is 0. The molecule has 1 fully saturated rings. The number of ether oxygens (including phenoxy) is 1. The Morgan fingerprint density at radius 3 is 2.91 bits per heavy atom. The van der Waals surface area contributed by atoms with Gasteiger partial charge in [0.1, 0.15) is 0 Å². The Morgan fingerprint density at radius 1 is 1.48 bits per heavy atom. The molecule has 1 aliphatic rings. The third-order valence-electron chi connectivity index (χ3n) is 4.58. The fourth-order valence-corrected chi connectivity index (χ4v) is 3.09. The smallest absolute Gasteiger partial charge is 0.255 e. The summed E-state index contributed by atoms with van der Waals surface area (Å²) in [6.45, 7) is 3.05. The minimum atomic E-state index is -0.448. The van der Waals surface area contributed by atoms with Crippen LogP contribution in [0.3, 0.4) is 0 Å². The number of rotatable bonds is 5. The molecule has 1 aliphatic heterocycles. The molecule has 0 aromatic carbocycles. The Labute approximate surface area is 137 Å². The molecule has 1 aromatic rings. The van der Waals surface area contributed by atoms with Crippen LogP contribution in [0, 0.1) is 6.92 Å². The van der Waals surface area contributed by atoms with E-state index < -0.39 is 5.60 Å². The monoisotopic (exact) mass is 319 g/mol. The largest absolute Gasteiger partial charge is 0.376 e. The molecule has 0 aliphatic carbocycles. The van der Waals surface area contributed by atoms with Crippen molar-refractivity contribution in [3.05, 3.63) is 29.6 Å². The fourth-order valence-electron chi connectivity index (χ4n) is 3.09. The molecule has 1 atom stereocenters. The first-order chi connectivity index (χ1) is 11.0. The maximum atomic E-state index is 12.8. The number of piperidine rings is 1. The number of hydrogen-bond donors (Lipinski definition) is 1. The predicted molar refractivity (Wildman–Crippen MR) is 87.2 cm³/mol. The van der Waals surface area contributed by atoms with Crippen LogP contribution in [0.1, 0.15) is 41.7 Å². The van der Waals surface area contributed by atoms with E-state index in [1.165, 1.54) is 0 Å². The Bertz CT molecular complexity index is 576. The van der Waals surface area contributed by atoms with Gasteiger partial charge in [-0.25, -0.2) is 0 Å². The molecule has 126 valence electrons. The van der Waals surface area contributed by atoms with Gasteiger partial charge >= 0.3 is 0 Å². The van der Waals surface area contributed by atoms with Crippen LogP contribution < -0.4 is 5.32 Å². The number of carbonyl (C=O) groups excluding carboxylic acids is 2. The second kappa shape index (κ2) is 7.55. The molecule has 1 unspecified atom stereocenters. The first kappa shape index (κ1) is 17.4. The summed E-state index contributed by atoms with van der Waals surface area (Å²) in [4.78, 5) is 30.3. The van der Waals surface area contributed by atoms with Gasteiger partial charge in [0.25, 0.3) is 5.91 Å². The summed E-state index contributed by atoms with van der Waals surface area (Å²) < 4.78 is 5.73. The van der Waals surface area contributed by atoms with Crippen LogP contribution in [0.5, 0.6) is 0 Å². The van der Waals surface area contributed by atoms with Gasteiger partial charge in [-0.1, -0.05) is 0 Å². The molecule has 2 amide bonds. The van der Waals surface area contributed by atoms with Gasteiger partial charge in [0, 0.05) is 45.6 Å². The minimum Gasteiger partial charge on any atom is -0.376 e. The highest BCUT2D eigenvalue weighted by molar-refractivity contribution is 5.95. The Balaban J connectivity index is 2.11. The second-order valence-electron chi connectivity index (χ2n) is 6.03. The second-order valence-corrected chi connectivity index (χ2v) is 6.03. The average Bonchev–Trinajstić information content (AvgIpc) is 2.59. The number of nitrogens with one attached hydrogen (secondary N) is 1. The van der Waals surface area contributed by atoms with Crippen molar-refractivity contribution in [3.8, 4) is 0 Å². The van der Waals surface area contributed by atoms with Crippen molar-refractivity contribution in [3.63, 3.8) is 0 Å². The standard InChI is InChI=1S/C17H25N3O3/c1-13-14(6-4-10-19-13)16(22)20-11-5-8-17(12-20,23-3)9-7-15(21)18-2/h4,6,10H,5,7-9,11-12H2,1-3H3,(H,18,21). The Morgan fingerprint density at radius 2 is 2.26 bits per heavy atom. The quantitative estimate of drug-likeness (QED) is 0.893. The lowest BCUT2D eigenvalue weighted by Gasteiger charge is -2.42. The van der Waals surface area contributed by atoms with E-state index in [2.05, 4.69) is 10.3 Å². The molecular formula is C17H25N3O3. The van der Waals surface area contributed by atoms with Gasteiger partial charge < -0.3 is 15.0 Å². The molecule has 2 heterocycles. The molecule has 0 bridgehead atoms. The Kier molecular flexibility index (Phi) is 5.71. The van der Waals surface area contributed by atoms with E-state index in [0.717, 1.165) is 18.5 Å². The van der Waals surface area contributed by atoms with Crippen molar-refractivity contribution in [1.82, 2.24) is 15.2 Å². The number of amides is 2. The summed E-state index contributed by atoms with van der Waals surface area (Å²) in [5, 5.41) is 2.63. The predicted octanol–water partition coefficient (Wildman–Crippen LogP) is 1.54. The minimum absolute atomic E-state index is 0.00650. The van der Waals surface area contributed by atoms with Crippen molar-refractivity contribution in [2.75, 3.05) is 27.2 Å². The third kappa shape index (κ3) is 4.07. The fraction of sp³-hybridized carbons (Fsp3) is 0.588. The van der Waals surface area contributed by atoms with Gasteiger partial charge in [-0.2, -0.15) is 0 Å². The molecular weight excluding hydrogens is 294 g/mol. The molecule has 0 spiro atoms. The summed E-state index contributed by atoms with van der Waals surface area (Å²) in [6.07, 6.45) is 4.42. The van der Waals surface area contributed by atoms with Crippen LogP contribution in [-0.2, 0) is 9.53 Å². The normalized spacial score (nSPS) is 21.1. The van der Waals surface area contributed by atoms with Crippen LogP contribution in [0.25, 0.3) is 0 Å². The zero-order valence-electron chi connectivity index (χ0n) is 14.1. The van der Waals surface area contributed by atoms with E-state index in [9.17, 15) is 9.59 Å². The highest BCUT2D eigenvalue weighted by Crippen LogP contribution is 2.30. The van der Waals surface area contributed by atoms with Crippen LogP contribution in [0.2, 0.25) is 0 Å². The van der Waals surface area contributed by atoms with Gasteiger partial charge in [-0.3, -0.25) is 14.6 Å². The van der Waals surface area contributed by atoms with Gasteiger partial charge in [-0.05, 0) is 38.3 Å². The zero-order valence-corrected chi connectivity index (χ0v) is 14.1. The highest BCUT2D eigenvalue weighted by Gasteiger charge is 2.37. The van der Waals surface area contributed by atoms with Crippen LogP contribution >= 0.6 is 0 Å². The van der Waals surface area contributed by atoms with Crippen molar-refractivity contribution in [2.45, 2.75) is 38.2 Å². The van der Waals surface area contributed by atoms with E-state index in [1.807, 2.05) is 11.8 Å². The van der Waals surface area contributed by atoms with Crippen LogP contribution in [0.4, 0.5) is 0 Å². The van der Waals surface area contributed by atoms with E-state index in [-0.39, 0.29) is 11.8 Å². The molecule has 1 N–H and O–H groups in total. The molecule has 6 nitrogen and oxygen atoms in total. The third-order valence-corrected chi connectivity index (χ3v) is 4.58. The van der Waals surface area contributed by atoms with E-state index in [0.29, 0.717) is 31.5 Å². The summed E-state index contributed by atoms with van der Waals surface area (Å²) in [5.41, 5.74) is 0.915. The van der Waals surface area contributed by atoms with E-state index in [4.69, 9.17) is 4.74 Å². The summed E-state index contributed by atoms with van der Waals surface area (Å²) in [6, 6.07) is 3.58. The van der Waals surface area contributed by atoms with Gasteiger partial charge in [0.05, 0.1) is 11.2 Å². The zero-order chi connectivity index (χ0) is 16.9. The number of methoxy groups -OCH3 is 1. The van der Waals surface area contributed by atoms with Crippen LogP contribution in [0.15, 0.2) is 18.3 Å². The Hall–Kier alpha value is -1.95. The molecule has 1 saturated heterocycles. The molecule has 1 aromatic heterocycles. The average molecular weight is 319 g/mol. The van der Waals surface area contributed by atoms with Crippen molar-refractivity contribution < 1.29 is 14.3 Å². The highest BCUT2D eigenvalue weighted by atomic mass is 16.5. The number of likely N-dealkylation sites (tertiary alicyclic amines) is 1. The summed E-state index contributed by atoms with van der Waals surface area (Å²) in [7, 11) is 3.29. The number of nitrogens with zero attached hydrogens (tertiary/aromatic N) is 2. The molecule has 6 heteroatoms. The summed E-state index contributed by atoms with van der Waals surface area (Å²) in [5.74, 6) is -0.0235. The van der Waals surface area contributed by atoms with E-state index >= 15 is 0 Å². The maximum absolute atomic E-state index is 12.8. The van der Waals surface area contributed by atoms with E-state index in [1.54, 1.807) is 32.5 Å². The first-order valence-corrected chi connectivity index (χ1v) is 7.98. The SMILES string of the molecule is CNC(=O)CCC1(OC)CCCN(C(=O)c2cccnc2C)C1. The number of aryl methyl sites for hydroxylation is 1. The van der Waals surface area contributed by atoms with Gasteiger partial charge in [0.2, 0.25) is 5.91 Å². The van der Waals surface area contributed by atoms with Crippen molar-refractivity contribution in [2.24, 2.45) is 0 Å². The molecule has 23 heavy (non-hydrogen) atoms. The lowest BCUT2D eigenvalue weighted by Crippen LogP contribution is -2.51. The van der Waals surface area contributed by atoms with Gasteiger partial charge in [0.15, 0.2) is 0 Å². The first-order valence-electron chi connectivity index (χ1n) is 7.98. The number of pyridine rings is 1. The molecule has 0 radical (unpaired) electrons. The maximum Gasteiger partial charge on any atom is 0.255 e. The van der Waals surface area contributed by atoms with Crippen molar-refractivity contribution in [1.29, 1.82) is 0 Å². The van der Waals surface area contributed by atoms with Crippen molar-refractivity contribution >= 4 is 11.8 Å². The topological polar surface area (TPSA) is 71.5 Å². The number of hydrogen-bond acceptors (Lipinski definition) is 4. The van der Waals surface area contributed by atoms with Gasteiger partial charge in [-0.15, -0.1) is 0 Å². The van der Waals surface area contributed by atoms with Crippen LogP contribution in [-0.4, -0.2) is 54.5 Å². The molecule has 2 rings (SSSR count).